The maximum atomic E-state index is 3.50. The second-order valence-electron chi connectivity index (χ2n) is 3.93. The minimum Gasteiger partial charge on any atom is -0.103 e. The number of rotatable bonds is 9. The normalized spacial score (nSPS) is 9.57. The van der Waals surface area contributed by atoms with Gasteiger partial charge in [0.15, 0.2) is 0 Å². The largest absolute Gasteiger partial charge is 0.103 e. The Kier molecular flexibility index (Phi) is 12.2. The van der Waals surface area contributed by atoms with E-state index in [-0.39, 0.29) is 0 Å². The van der Waals surface area contributed by atoms with Gasteiger partial charge in [-0.1, -0.05) is 58.3 Å². The Labute approximate surface area is 90.5 Å². The Morgan fingerprint density at radius 1 is 0.786 bits per heavy atom. The zero-order chi connectivity index (χ0) is 10.5. The van der Waals surface area contributed by atoms with Crippen LogP contribution in [-0.2, 0) is 0 Å². The Hall–Kier alpha value is -0.440. The van der Waals surface area contributed by atoms with Gasteiger partial charge in [0, 0.05) is 13.3 Å². The van der Waals surface area contributed by atoms with Gasteiger partial charge in [-0.25, -0.2) is 0 Å². The Morgan fingerprint density at radius 3 is 1.79 bits per heavy atom. The van der Waals surface area contributed by atoms with E-state index in [1.807, 2.05) is 0 Å². The molecular weight excluding hydrogens is 168 g/mol. The zero-order valence-electron chi connectivity index (χ0n) is 9.78. The maximum absolute atomic E-state index is 3.50. The Bertz CT molecular complexity index is 147. The van der Waals surface area contributed by atoms with E-state index >= 15 is 0 Å². The lowest BCUT2D eigenvalue weighted by molar-refractivity contribution is 0.567. The molecule has 0 aliphatic rings. The quantitative estimate of drug-likeness (QED) is 0.366. The summed E-state index contributed by atoms with van der Waals surface area (Å²) in [6, 6.07) is 0. The molecule has 1 radical (unpaired) electrons. The molecule has 14 heavy (non-hydrogen) atoms. The predicted octanol–water partition coefficient (Wildman–Crippen LogP) is 4.74. The molecule has 0 heterocycles. The van der Waals surface area contributed by atoms with E-state index in [9.17, 15) is 0 Å². The molecule has 0 bridgehead atoms. The van der Waals surface area contributed by atoms with Gasteiger partial charge in [0.05, 0.1) is 0 Å². The van der Waals surface area contributed by atoms with E-state index in [1.165, 1.54) is 57.8 Å². The summed E-state index contributed by atoms with van der Waals surface area (Å²) in [6.07, 6.45) is 13.5. The summed E-state index contributed by atoms with van der Waals surface area (Å²) >= 11 is 0. The van der Waals surface area contributed by atoms with Crippen LogP contribution in [0, 0.1) is 18.8 Å². The molecule has 0 aliphatic heterocycles. The van der Waals surface area contributed by atoms with Gasteiger partial charge in [0.1, 0.15) is 0 Å². The van der Waals surface area contributed by atoms with Crippen LogP contribution in [0.3, 0.4) is 0 Å². The van der Waals surface area contributed by atoms with Crippen molar-refractivity contribution in [3.8, 4) is 11.8 Å². The van der Waals surface area contributed by atoms with Crippen molar-refractivity contribution in [2.75, 3.05) is 0 Å². The summed E-state index contributed by atoms with van der Waals surface area (Å²) in [6.45, 7) is 5.77. The van der Waals surface area contributed by atoms with Crippen molar-refractivity contribution >= 4 is 0 Å². The molecule has 0 aromatic rings. The zero-order valence-corrected chi connectivity index (χ0v) is 9.78. The molecular formula is C14H25. The average molecular weight is 193 g/mol. The average Bonchev–Trinajstić information content (AvgIpc) is 2.21. The third kappa shape index (κ3) is 11.6. The topological polar surface area (TPSA) is 0 Å². The molecule has 0 aromatic heterocycles. The molecule has 0 aromatic carbocycles. The van der Waals surface area contributed by atoms with Crippen LogP contribution in [0.2, 0.25) is 0 Å². The van der Waals surface area contributed by atoms with E-state index in [0.29, 0.717) is 0 Å². The molecule has 0 saturated heterocycles. The Balaban J connectivity index is 2.87. The van der Waals surface area contributed by atoms with E-state index in [1.54, 1.807) is 0 Å². The van der Waals surface area contributed by atoms with Gasteiger partial charge >= 0.3 is 0 Å². The number of unbranched alkanes of at least 4 members (excludes halogenated alkanes) is 9. The highest BCUT2D eigenvalue weighted by Gasteiger charge is 1.90. The molecule has 0 atom stereocenters. The van der Waals surface area contributed by atoms with E-state index < -0.39 is 0 Å². The minimum absolute atomic E-state index is 1.04. The lowest BCUT2D eigenvalue weighted by Gasteiger charge is -1.99. The predicted molar refractivity (Wildman–Crippen MR) is 65.0 cm³/mol. The summed E-state index contributed by atoms with van der Waals surface area (Å²) < 4.78 is 0. The molecule has 0 amide bonds. The molecule has 0 aliphatic carbocycles. The van der Waals surface area contributed by atoms with Crippen LogP contribution in [0.15, 0.2) is 0 Å². The van der Waals surface area contributed by atoms with Crippen molar-refractivity contribution in [3.05, 3.63) is 6.92 Å². The van der Waals surface area contributed by atoms with Gasteiger partial charge in [0.2, 0.25) is 0 Å². The highest BCUT2D eigenvalue weighted by Crippen LogP contribution is 2.09. The summed E-state index contributed by atoms with van der Waals surface area (Å²) in [5.41, 5.74) is 0. The van der Waals surface area contributed by atoms with Crippen LogP contribution in [0.4, 0.5) is 0 Å². The monoisotopic (exact) mass is 193 g/mol. The van der Waals surface area contributed by atoms with Gasteiger partial charge in [-0.05, 0) is 6.42 Å². The van der Waals surface area contributed by atoms with Crippen LogP contribution in [0.5, 0.6) is 0 Å². The van der Waals surface area contributed by atoms with Gasteiger partial charge in [0.25, 0.3) is 0 Å². The molecule has 0 rings (SSSR count). The highest BCUT2D eigenvalue weighted by molar-refractivity contribution is 5.00. The van der Waals surface area contributed by atoms with Crippen molar-refractivity contribution in [1.29, 1.82) is 0 Å². The second kappa shape index (κ2) is 12.6. The van der Waals surface area contributed by atoms with Gasteiger partial charge in [-0.2, -0.15) is 0 Å². The van der Waals surface area contributed by atoms with Gasteiger partial charge in [-0.3, -0.25) is 0 Å². The first-order valence-electron chi connectivity index (χ1n) is 6.16. The first-order valence-corrected chi connectivity index (χ1v) is 6.16. The molecule has 0 heteroatoms. The fourth-order valence-corrected chi connectivity index (χ4v) is 1.61. The molecule has 0 N–H and O–H groups in total. The van der Waals surface area contributed by atoms with Crippen LogP contribution in [0.25, 0.3) is 0 Å². The molecule has 0 saturated carbocycles. The number of hydrogen-bond acceptors (Lipinski definition) is 0. The van der Waals surface area contributed by atoms with E-state index in [2.05, 4.69) is 25.7 Å². The summed E-state index contributed by atoms with van der Waals surface area (Å²) in [5.74, 6) is 5.70. The van der Waals surface area contributed by atoms with Gasteiger partial charge < -0.3 is 0 Å². The van der Waals surface area contributed by atoms with Crippen LogP contribution in [0.1, 0.15) is 71.1 Å². The minimum atomic E-state index is 1.04. The fraction of sp³-hybridized carbons (Fsp3) is 0.786. The third-order valence-electron chi connectivity index (χ3n) is 2.53. The second-order valence-corrected chi connectivity index (χ2v) is 3.93. The van der Waals surface area contributed by atoms with E-state index in [0.717, 1.165) is 6.42 Å². The third-order valence-corrected chi connectivity index (χ3v) is 2.53. The smallest absolute Gasteiger partial charge is 0.0198 e. The van der Waals surface area contributed by atoms with Crippen molar-refractivity contribution < 1.29 is 0 Å². The van der Waals surface area contributed by atoms with Crippen molar-refractivity contribution in [2.45, 2.75) is 71.1 Å². The number of hydrogen-bond donors (Lipinski definition) is 0. The SMILES string of the molecule is [CH2]C#CCCCCCCCCCCC. The Morgan fingerprint density at radius 2 is 1.29 bits per heavy atom. The van der Waals surface area contributed by atoms with Crippen molar-refractivity contribution in [3.63, 3.8) is 0 Å². The van der Waals surface area contributed by atoms with Crippen LogP contribution < -0.4 is 0 Å². The van der Waals surface area contributed by atoms with Crippen LogP contribution >= 0.6 is 0 Å². The first-order chi connectivity index (χ1) is 6.91. The fourth-order valence-electron chi connectivity index (χ4n) is 1.61. The first kappa shape index (κ1) is 13.6. The molecule has 0 fully saturated rings. The molecule has 0 nitrogen and oxygen atoms in total. The van der Waals surface area contributed by atoms with Crippen molar-refractivity contribution in [2.24, 2.45) is 0 Å². The highest BCUT2D eigenvalue weighted by atomic mass is 14.0. The summed E-state index contributed by atoms with van der Waals surface area (Å²) in [7, 11) is 0. The summed E-state index contributed by atoms with van der Waals surface area (Å²) in [4.78, 5) is 0. The summed E-state index contributed by atoms with van der Waals surface area (Å²) in [5, 5.41) is 0. The molecule has 0 unspecified atom stereocenters. The standard InChI is InChI=1S/C14H25/c1-3-5-7-9-11-13-14-12-10-8-6-4-2/h1,4,6-14H2,2H3. The van der Waals surface area contributed by atoms with Crippen molar-refractivity contribution in [1.82, 2.24) is 0 Å². The molecule has 0 spiro atoms. The maximum Gasteiger partial charge on any atom is 0.0198 e. The van der Waals surface area contributed by atoms with Gasteiger partial charge in [-0.15, -0.1) is 11.8 Å². The lowest BCUT2D eigenvalue weighted by Crippen LogP contribution is -1.80. The lowest BCUT2D eigenvalue weighted by atomic mass is 10.1. The van der Waals surface area contributed by atoms with E-state index in [4.69, 9.17) is 0 Å². The molecule has 81 valence electrons. The van der Waals surface area contributed by atoms with Crippen LogP contribution in [-0.4, -0.2) is 0 Å².